The van der Waals surface area contributed by atoms with Gasteiger partial charge in [-0.05, 0) is 31.2 Å². The molecule has 0 fully saturated rings. The van der Waals surface area contributed by atoms with Crippen molar-refractivity contribution in [2.75, 3.05) is 12.4 Å². The second kappa shape index (κ2) is 6.36. The summed E-state index contributed by atoms with van der Waals surface area (Å²) in [6, 6.07) is 14.7. The number of hydrogen-bond acceptors (Lipinski definition) is 3. The monoisotopic (exact) mass is 307 g/mol. The minimum Gasteiger partial charge on any atom is -0.496 e. The fourth-order valence-corrected chi connectivity index (χ4v) is 2.36. The number of hydrogen-bond donors (Lipinski definition) is 2. The number of H-pyrrole nitrogens is 1. The molecule has 0 saturated carbocycles. The van der Waals surface area contributed by atoms with E-state index in [4.69, 9.17) is 4.74 Å². The summed E-state index contributed by atoms with van der Waals surface area (Å²) in [5.74, 6) is 1.19. The standard InChI is InChI=1S/C18H17N3O2/c1-12-19-11-16(20-12)13-6-5-7-14(10-13)21-18(22)15-8-3-4-9-17(15)23-2/h3-11H,1-2H3,(H,19,20)(H,21,22). The van der Waals surface area contributed by atoms with E-state index >= 15 is 0 Å². The van der Waals surface area contributed by atoms with Gasteiger partial charge >= 0.3 is 0 Å². The number of anilines is 1. The zero-order valence-corrected chi connectivity index (χ0v) is 13.0. The molecule has 1 amide bonds. The molecule has 5 nitrogen and oxygen atoms in total. The largest absolute Gasteiger partial charge is 0.496 e. The van der Waals surface area contributed by atoms with Gasteiger partial charge in [0.1, 0.15) is 11.6 Å². The summed E-state index contributed by atoms with van der Waals surface area (Å²) in [7, 11) is 1.55. The highest BCUT2D eigenvalue weighted by atomic mass is 16.5. The number of carbonyl (C=O) groups excluding carboxylic acids is 1. The van der Waals surface area contributed by atoms with Crippen molar-refractivity contribution in [2.45, 2.75) is 6.92 Å². The number of ether oxygens (including phenoxy) is 1. The lowest BCUT2D eigenvalue weighted by molar-refractivity contribution is 0.102. The van der Waals surface area contributed by atoms with Crippen molar-refractivity contribution in [2.24, 2.45) is 0 Å². The van der Waals surface area contributed by atoms with Crippen LogP contribution in [-0.4, -0.2) is 23.0 Å². The number of aryl methyl sites for hydroxylation is 1. The third-order valence-corrected chi connectivity index (χ3v) is 3.49. The first-order valence-corrected chi connectivity index (χ1v) is 7.24. The van der Waals surface area contributed by atoms with Crippen LogP contribution in [0.15, 0.2) is 54.7 Å². The number of rotatable bonds is 4. The van der Waals surface area contributed by atoms with Gasteiger partial charge in [-0.3, -0.25) is 4.79 Å². The summed E-state index contributed by atoms with van der Waals surface area (Å²) in [6.45, 7) is 1.90. The first-order chi connectivity index (χ1) is 11.2. The van der Waals surface area contributed by atoms with E-state index in [0.29, 0.717) is 17.0 Å². The molecule has 0 spiro atoms. The predicted octanol–water partition coefficient (Wildman–Crippen LogP) is 3.65. The van der Waals surface area contributed by atoms with E-state index in [1.807, 2.05) is 37.3 Å². The number of benzene rings is 2. The maximum absolute atomic E-state index is 12.4. The Kier molecular flexibility index (Phi) is 4.10. The van der Waals surface area contributed by atoms with Gasteiger partial charge in [-0.2, -0.15) is 0 Å². The van der Waals surface area contributed by atoms with Crippen LogP contribution in [0.2, 0.25) is 0 Å². The van der Waals surface area contributed by atoms with Gasteiger partial charge in [0, 0.05) is 11.3 Å². The topological polar surface area (TPSA) is 67.0 Å². The smallest absolute Gasteiger partial charge is 0.259 e. The summed E-state index contributed by atoms with van der Waals surface area (Å²) in [4.78, 5) is 19.8. The highest BCUT2D eigenvalue weighted by molar-refractivity contribution is 6.06. The number of aromatic amines is 1. The van der Waals surface area contributed by atoms with Crippen molar-refractivity contribution >= 4 is 11.6 Å². The Morgan fingerprint density at radius 3 is 2.74 bits per heavy atom. The molecule has 116 valence electrons. The van der Waals surface area contributed by atoms with Gasteiger partial charge in [0.2, 0.25) is 0 Å². The molecule has 0 atom stereocenters. The van der Waals surface area contributed by atoms with Crippen molar-refractivity contribution in [3.05, 3.63) is 66.1 Å². The highest BCUT2D eigenvalue weighted by Crippen LogP contribution is 2.23. The summed E-state index contributed by atoms with van der Waals surface area (Å²) in [6.07, 6.45) is 1.77. The van der Waals surface area contributed by atoms with E-state index in [9.17, 15) is 4.79 Å². The minimum atomic E-state index is -0.208. The number of nitrogens with zero attached hydrogens (tertiary/aromatic N) is 1. The molecule has 0 saturated heterocycles. The zero-order chi connectivity index (χ0) is 16.2. The molecule has 2 N–H and O–H groups in total. The van der Waals surface area contributed by atoms with E-state index in [0.717, 1.165) is 17.1 Å². The van der Waals surface area contributed by atoms with Gasteiger partial charge in [0.05, 0.1) is 24.6 Å². The van der Waals surface area contributed by atoms with Crippen LogP contribution in [0.25, 0.3) is 11.3 Å². The Hall–Kier alpha value is -3.08. The van der Waals surface area contributed by atoms with Crippen LogP contribution < -0.4 is 10.1 Å². The Balaban J connectivity index is 1.84. The molecule has 2 aromatic carbocycles. The second-order valence-electron chi connectivity index (χ2n) is 5.12. The molecule has 1 heterocycles. The summed E-state index contributed by atoms with van der Waals surface area (Å²) in [5, 5.41) is 2.90. The SMILES string of the molecule is COc1ccccc1C(=O)Nc1cccc(-c2cnc(C)[nH]2)c1. The van der Waals surface area contributed by atoms with Gasteiger partial charge < -0.3 is 15.0 Å². The average Bonchev–Trinajstić information content (AvgIpc) is 3.01. The Bertz CT molecular complexity index is 840. The van der Waals surface area contributed by atoms with E-state index in [1.165, 1.54) is 0 Å². The number of amides is 1. The predicted molar refractivity (Wildman–Crippen MR) is 89.7 cm³/mol. The first-order valence-electron chi connectivity index (χ1n) is 7.24. The van der Waals surface area contributed by atoms with Crippen molar-refractivity contribution < 1.29 is 9.53 Å². The molecule has 0 aliphatic carbocycles. The van der Waals surface area contributed by atoms with Crippen LogP contribution in [0.1, 0.15) is 16.2 Å². The molecule has 0 radical (unpaired) electrons. The summed E-state index contributed by atoms with van der Waals surface area (Å²) < 4.78 is 5.23. The molecular formula is C18H17N3O2. The van der Waals surface area contributed by atoms with E-state index in [2.05, 4.69) is 15.3 Å². The van der Waals surface area contributed by atoms with Gasteiger partial charge in [-0.1, -0.05) is 24.3 Å². The molecular weight excluding hydrogens is 290 g/mol. The van der Waals surface area contributed by atoms with E-state index in [-0.39, 0.29) is 5.91 Å². The Labute approximate surface area is 134 Å². The lowest BCUT2D eigenvalue weighted by Gasteiger charge is -2.10. The number of aromatic nitrogens is 2. The van der Waals surface area contributed by atoms with E-state index < -0.39 is 0 Å². The van der Waals surface area contributed by atoms with Crippen molar-refractivity contribution in [1.29, 1.82) is 0 Å². The molecule has 5 heteroatoms. The molecule has 1 aromatic heterocycles. The number of imidazole rings is 1. The van der Waals surface area contributed by atoms with Crippen LogP contribution in [0.5, 0.6) is 5.75 Å². The minimum absolute atomic E-state index is 0.208. The lowest BCUT2D eigenvalue weighted by Crippen LogP contribution is -2.13. The zero-order valence-electron chi connectivity index (χ0n) is 13.0. The highest BCUT2D eigenvalue weighted by Gasteiger charge is 2.12. The fraction of sp³-hybridized carbons (Fsp3) is 0.111. The number of para-hydroxylation sites is 1. The van der Waals surface area contributed by atoms with Gasteiger partial charge in [0.25, 0.3) is 5.91 Å². The average molecular weight is 307 g/mol. The number of carbonyl (C=O) groups is 1. The van der Waals surface area contributed by atoms with Crippen LogP contribution in [0.3, 0.4) is 0 Å². The van der Waals surface area contributed by atoms with Gasteiger partial charge in [-0.15, -0.1) is 0 Å². The Morgan fingerprint density at radius 1 is 1.17 bits per heavy atom. The molecule has 3 aromatic rings. The Morgan fingerprint density at radius 2 is 2.00 bits per heavy atom. The first kappa shape index (κ1) is 14.8. The van der Waals surface area contributed by atoms with Gasteiger partial charge in [0.15, 0.2) is 0 Å². The molecule has 23 heavy (non-hydrogen) atoms. The number of methoxy groups -OCH3 is 1. The van der Waals surface area contributed by atoms with Crippen molar-refractivity contribution in [3.63, 3.8) is 0 Å². The second-order valence-corrected chi connectivity index (χ2v) is 5.12. The summed E-state index contributed by atoms with van der Waals surface area (Å²) in [5.41, 5.74) is 3.09. The maximum Gasteiger partial charge on any atom is 0.259 e. The molecule has 0 aliphatic rings. The maximum atomic E-state index is 12.4. The van der Waals surface area contributed by atoms with Crippen LogP contribution >= 0.6 is 0 Å². The third-order valence-electron chi connectivity index (χ3n) is 3.49. The molecule has 3 rings (SSSR count). The van der Waals surface area contributed by atoms with Crippen LogP contribution in [-0.2, 0) is 0 Å². The third kappa shape index (κ3) is 3.23. The van der Waals surface area contributed by atoms with E-state index in [1.54, 1.807) is 31.5 Å². The van der Waals surface area contributed by atoms with Crippen LogP contribution in [0.4, 0.5) is 5.69 Å². The van der Waals surface area contributed by atoms with Crippen LogP contribution in [0, 0.1) is 6.92 Å². The number of nitrogens with one attached hydrogen (secondary N) is 2. The molecule has 0 aliphatic heterocycles. The fourth-order valence-electron chi connectivity index (χ4n) is 2.36. The van der Waals surface area contributed by atoms with Crippen molar-refractivity contribution in [3.8, 4) is 17.0 Å². The normalized spacial score (nSPS) is 10.3. The van der Waals surface area contributed by atoms with Gasteiger partial charge in [-0.25, -0.2) is 4.98 Å². The lowest BCUT2D eigenvalue weighted by atomic mass is 10.1. The summed E-state index contributed by atoms with van der Waals surface area (Å²) >= 11 is 0. The quantitative estimate of drug-likeness (QED) is 0.773. The van der Waals surface area contributed by atoms with Crippen molar-refractivity contribution in [1.82, 2.24) is 9.97 Å². The molecule has 0 bridgehead atoms. The molecule has 0 unspecified atom stereocenters.